The third-order valence-corrected chi connectivity index (χ3v) is 2.62. The lowest BCUT2D eigenvalue weighted by Gasteiger charge is -2.31. The van der Waals surface area contributed by atoms with Gasteiger partial charge in [0.25, 0.3) is 0 Å². The quantitative estimate of drug-likeness (QED) is 0.808. The molecule has 0 radical (unpaired) electrons. The van der Waals surface area contributed by atoms with Crippen LogP contribution in [0.15, 0.2) is 0 Å². The predicted molar refractivity (Wildman–Crippen MR) is 53.3 cm³/mol. The minimum atomic E-state index is -4.41. The molecule has 1 saturated heterocycles. The van der Waals surface area contributed by atoms with E-state index >= 15 is 0 Å². The monoisotopic (exact) mass is 255 g/mol. The molecule has 0 spiro atoms. The number of aliphatic hydroxyl groups excluding tert-OH is 1. The average Bonchev–Trinajstić information content (AvgIpc) is 2.27. The molecule has 1 unspecified atom stereocenters. The third kappa shape index (κ3) is 5.36. The number of nitrogens with zero attached hydrogens (tertiary/aromatic N) is 1. The zero-order valence-electron chi connectivity index (χ0n) is 9.37. The van der Waals surface area contributed by atoms with Crippen molar-refractivity contribution in [2.75, 3.05) is 32.9 Å². The van der Waals surface area contributed by atoms with Gasteiger partial charge in [0.15, 0.2) is 0 Å². The van der Waals surface area contributed by atoms with Gasteiger partial charge in [-0.25, -0.2) is 0 Å². The highest BCUT2D eigenvalue weighted by atomic mass is 19.4. The van der Waals surface area contributed by atoms with E-state index in [4.69, 9.17) is 5.11 Å². The summed E-state index contributed by atoms with van der Waals surface area (Å²) in [6, 6.07) is 0. The Kier molecular flexibility index (Phi) is 5.20. The molecule has 0 aromatic rings. The van der Waals surface area contributed by atoms with E-state index in [0.717, 1.165) is 12.8 Å². The molecule has 1 N–H and O–H groups in total. The number of rotatable bonds is 4. The van der Waals surface area contributed by atoms with E-state index in [-0.39, 0.29) is 12.5 Å². The van der Waals surface area contributed by atoms with Crippen molar-refractivity contribution in [1.82, 2.24) is 4.90 Å². The van der Waals surface area contributed by atoms with Crippen molar-refractivity contribution in [2.24, 2.45) is 5.92 Å². The van der Waals surface area contributed by atoms with Crippen molar-refractivity contribution in [3.05, 3.63) is 0 Å². The van der Waals surface area contributed by atoms with Crippen LogP contribution in [0.2, 0.25) is 0 Å². The maximum Gasteiger partial charge on any atom is 0.411 e. The molecule has 0 aliphatic carbocycles. The van der Waals surface area contributed by atoms with Crippen molar-refractivity contribution in [3.63, 3.8) is 0 Å². The number of piperidine rings is 1. The van der Waals surface area contributed by atoms with Gasteiger partial charge in [0.1, 0.15) is 13.2 Å². The van der Waals surface area contributed by atoms with E-state index < -0.39 is 25.3 Å². The molecule has 17 heavy (non-hydrogen) atoms. The fraction of sp³-hybridized carbons (Fsp3) is 0.900. The molecule has 4 nitrogen and oxygen atoms in total. The van der Waals surface area contributed by atoms with Crippen LogP contribution >= 0.6 is 0 Å². The van der Waals surface area contributed by atoms with Crippen molar-refractivity contribution in [1.29, 1.82) is 0 Å². The Morgan fingerprint density at radius 1 is 1.47 bits per heavy atom. The maximum atomic E-state index is 11.8. The average molecular weight is 255 g/mol. The minimum Gasteiger partial charge on any atom is -0.396 e. The summed E-state index contributed by atoms with van der Waals surface area (Å²) in [5.74, 6) is -0.428. The lowest BCUT2D eigenvalue weighted by atomic mass is 9.99. The molecule has 7 heteroatoms. The summed E-state index contributed by atoms with van der Waals surface area (Å²) in [4.78, 5) is 12.9. The van der Waals surface area contributed by atoms with Crippen LogP contribution in [-0.4, -0.2) is 55.0 Å². The van der Waals surface area contributed by atoms with E-state index in [1.807, 2.05) is 0 Å². The summed E-state index contributed by atoms with van der Waals surface area (Å²) in [7, 11) is 0. The van der Waals surface area contributed by atoms with Crippen LogP contribution in [0.5, 0.6) is 0 Å². The van der Waals surface area contributed by atoms with Crippen LogP contribution in [0.1, 0.15) is 12.8 Å². The Morgan fingerprint density at radius 3 is 2.76 bits per heavy atom. The summed E-state index contributed by atoms with van der Waals surface area (Å²) in [6.45, 7) is -1.06. The Morgan fingerprint density at radius 2 is 2.18 bits per heavy atom. The highest BCUT2D eigenvalue weighted by molar-refractivity contribution is 5.77. The number of halogens is 3. The van der Waals surface area contributed by atoms with Crippen molar-refractivity contribution >= 4 is 5.91 Å². The highest BCUT2D eigenvalue weighted by Crippen LogP contribution is 2.17. The van der Waals surface area contributed by atoms with Crippen molar-refractivity contribution in [2.45, 2.75) is 19.0 Å². The Hall–Kier alpha value is -0.820. The largest absolute Gasteiger partial charge is 0.411 e. The van der Waals surface area contributed by atoms with E-state index in [2.05, 4.69) is 4.74 Å². The highest BCUT2D eigenvalue weighted by Gasteiger charge is 2.29. The minimum absolute atomic E-state index is 0.00676. The fourth-order valence-corrected chi connectivity index (χ4v) is 1.79. The predicted octanol–water partition coefficient (Wildman–Crippen LogP) is 0.796. The van der Waals surface area contributed by atoms with Gasteiger partial charge >= 0.3 is 6.18 Å². The van der Waals surface area contributed by atoms with E-state index in [1.165, 1.54) is 4.90 Å². The second-order valence-corrected chi connectivity index (χ2v) is 4.14. The maximum absolute atomic E-state index is 11.8. The first-order valence-corrected chi connectivity index (χ1v) is 5.45. The van der Waals surface area contributed by atoms with Gasteiger partial charge in [0.2, 0.25) is 5.91 Å². The molecule has 1 aliphatic heterocycles. The van der Waals surface area contributed by atoms with Crippen molar-refractivity contribution in [3.8, 4) is 0 Å². The number of alkyl halides is 3. The number of hydrogen-bond acceptors (Lipinski definition) is 3. The first-order chi connectivity index (χ1) is 7.92. The lowest BCUT2D eigenvalue weighted by molar-refractivity contribution is -0.178. The molecule has 0 aromatic carbocycles. The number of hydrogen-bond donors (Lipinski definition) is 1. The molecule has 0 saturated carbocycles. The lowest BCUT2D eigenvalue weighted by Crippen LogP contribution is -2.43. The number of carbonyl (C=O) groups excluding carboxylic acids is 1. The molecule has 0 bridgehead atoms. The molecular formula is C10H16F3NO3. The SMILES string of the molecule is O=C(COCC(F)(F)F)N1CCCC(CO)C1. The van der Waals surface area contributed by atoms with Crippen LogP contribution in [0.4, 0.5) is 13.2 Å². The number of ether oxygens (including phenoxy) is 1. The molecule has 0 aromatic heterocycles. The third-order valence-electron chi connectivity index (χ3n) is 2.62. The van der Waals surface area contributed by atoms with Gasteiger partial charge in [-0.05, 0) is 18.8 Å². The first-order valence-electron chi connectivity index (χ1n) is 5.45. The van der Waals surface area contributed by atoms with Crippen LogP contribution in [0, 0.1) is 5.92 Å². The number of carbonyl (C=O) groups is 1. The summed E-state index contributed by atoms with van der Waals surface area (Å²) < 4.78 is 39.6. The van der Waals surface area contributed by atoms with Gasteiger partial charge in [0.05, 0.1) is 0 Å². The van der Waals surface area contributed by atoms with E-state index in [0.29, 0.717) is 13.1 Å². The zero-order valence-corrected chi connectivity index (χ0v) is 9.37. The van der Waals surface area contributed by atoms with Gasteiger partial charge < -0.3 is 14.7 Å². The van der Waals surface area contributed by atoms with Crippen LogP contribution in [-0.2, 0) is 9.53 Å². The molecule has 1 amide bonds. The fourth-order valence-electron chi connectivity index (χ4n) is 1.79. The van der Waals surface area contributed by atoms with Crippen LogP contribution in [0.25, 0.3) is 0 Å². The van der Waals surface area contributed by atoms with E-state index in [1.54, 1.807) is 0 Å². The van der Waals surface area contributed by atoms with Gasteiger partial charge in [-0.2, -0.15) is 13.2 Å². The number of amides is 1. The van der Waals surface area contributed by atoms with Crippen LogP contribution in [0.3, 0.4) is 0 Å². The Labute approximate surface area is 97.3 Å². The topological polar surface area (TPSA) is 49.8 Å². The molecule has 1 aliphatic rings. The summed E-state index contributed by atoms with van der Waals surface area (Å²) in [5, 5.41) is 8.96. The standard InChI is InChI=1S/C10H16F3NO3/c11-10(12,13)7-17-6-9(16)14-3-1-2-8(4-14)5-15/h8,15H,1-7H2. The molecule has 1 atom stereocenters. The van der Waals surface area contributed by atoms with Gasteiger partial charge in [0, 0.05) is 19.7 Å². The van der Waals surface area contributed by atoms with Gasteiger partial charge in [-0.15, -0.1) is 0 Å². The molecule has 100 valence electrons. The molecule has 1 fully saturated rings. The number of likely N-dealkylation sites (tertiary alicyclic amines) is 1. The summed E-state index contributed by atoms with van der Waals surface area (Å²) in [6.07, 6.45) is -2.81. The molecular weight excluding hydrogens is 239 g/mol. The summed E-state index contributed by atoms with van der Waals surface area (Å²) >= 11 is 0. The van der Waals surface area contributed by atoms with Crippen LogP contribution < -0.4 is 0 Å². The Balaban J connectivity index is 2.27. The van der Waals surface area contributed by atoms with Crippen molar-refractivity contribution < 1.29 is 27.8 Å². The van der Waals surface area contributed by atoms with E-state index in [9.17, 15) is 18.0 Å². The molecule has 1 rings (SSSR count). The first kappa shape index (κ1) is 14.2. The second-order valence-electron chi connectivity index (χ2n) is 4.14. The number of aliphatic hydroxyl groups is 1. The molecule has 1 heterocycles. The zero-order chi connectivity index (χ0) is 12.9. The smallest absolute Gasteiger partial charge is 0.396 e. The van der Waals surface area contributed by atoms with Gasteiger partial charge in [-0.3, -0.25) is 4.79 Å². The summed E-state index contributed by atoms with van der Waals surface area (Å²) in [5.41, 5.74) is 0. The normalized spacial score (nSPS) is 21.6. The Bertz CT molecular complexity index is 258. The second kappa shape index (κ2) is 6.20. The van der Waals surface area contributed by atoms with Gasteiger partial charge in [-0.1, -0.05) is 0 Å².